The molecule has 35 heavy (non-hydrogen) atoms. The standard InChI is InChI=1S/C25H17ClF4N4O/c26-18-6-2-16(3-7-18)22-11-12-31-24(34-22)33-19-8-4-17(5-9-19)23(35)32-14-15-1-10-20(21(27)13-15)25(28,29)30/h1-13H,14H2,(H,32,35)(H,31,33,34). The Morgan fingerprint density at radius 1 is 0.943 bits per heavy atom. The monoisotopic (exact) mass is 500 g/mol. The van der Waals surface area contributed by atoms with Gasteiger partial charge in [-0.15, -0.1) is 0 Å². The van der Waals surface area contributed by atoms with Crippen LogP contribution < -0.4 is 10.6 Å². The minimum atomic E-state index is -4.77. The van der Waals surface area contributed by atoms with Gasteiger partial charge in [-0.1, -0.05) is 29.8 Å². The van der Waals surface area contributed by atoms with Crippen LogP contribution >= 0.6 is 11.6 Å². The number of nitrogens with one attached hydrogen (secondary N) is 2. The van der Waals surface area contributed by atoms with E-state index in [0.29, 0.717) is 34.0 Å². The number of hydrogen-bond acceptors (Lipinski definition) is 4. The first-order valence-corrected chi connectivity index (χ1v) is 10.7. The van der Waals surface area contributed by atoms with E-state index in [-0.39, 0.29) is 12.1 Å². The molecule has 0 saturated carbocycles. The summed E-state index contributed by atoms with van der Waals surface area (Å²) >= 11 is 5.92. The molecule has 0 aliphatic heterocycles. The summed E-state index contributed by atoms with van der Waals surface area (Å²) in [5.74, 6) is -1.49. The van der Waals surface area contributed by atoms with Crippen LogP contribution in [-0.2, 0) is 12.7 Å². The zero-order valence-corrected chi connectivity index (χ0v) is 18.7. The lowest BCUT2D eigenvalue weighted by atomic mass is 10.1. The van der Waals surface area contributed by atoms with Gasteiger partial charge in [0.2, 0.25) is 5.95 Å². The fourth-order valence-corrected chi connectivity index (χ4v) is 3.34. The van der Waals surface area contributed by atoms with E-state index in [9.17, 15) is 22.4 Å². The number of carbonyl (C=O) groups excluding carboxylic acids is 1. The fourth-order valence-electron chi connectivity index (χ4n) is 3.22. The Labute approximate surface area is 202 Å². The van der Waals surface area contributed by atoms with Crippen LogP contribution in [0.1, 0.15) is 21.5 Å². The lowest BCUT2D eigenvalue weighted by Crippen LogP contribution is -2.23. The predicted molar refractivity (Wildman–Crippen MR) is 125 cm³/mol. The normalized spacial score (nSPS) is 11.2. The van der Waals surface area contributed by atoms with Gasteiger partial charge in [-0.2, -0.15) is 13.2 Å². The van der Waals surface area contributed by atoms with Gasteiger partial charge in [-0.25, -0.2) is 14.4 Å². The second kappa shape index (κ2) is 10.1. The molecule has 0 radical (unpaired) electrons. The van der Waals surface area contributed by atoms with Gasteiger partial charge in [0.15, 0.2) is 0 Å². The quantitative estimate of drug-likeness (QED) is 0.292. The van der Waals surface area contributed by atoms with Crippen molar-refractivity contribution < 1.29 is 22.4 Å². The third kappa shape index (κ3) is 6.13. The smallest absolute Gasteiger partial charge is 0.348 e. The highest BCUT2D eigenvalue weighted by Crippen LogP contribution is 2.31. The summed E-state index contributed by atoms with van der Waals surface area (Å²) in [5.41, 5.74) is 1.39. The summed E-state index contributed by atoms with van der Waals surface area (Å²) in [7, 11) is 0. The fraction of sp³-hybridized carbons (Fsp3) is 0.0800. The Kier molecular flexibility index (Phi) is 6.97. The number of hydrogen-bond donors (Lipinski definition) is 2. The number of rotatable bonds is 6. The maximum atomic E-state index is 13.7. The van der Waals surface area contributed by atoms with E-state index in [1.807, 2.05) is 12.1 Å². The Morgan fingerprint density at radius 3 is 2.31 bits per heavy atom. The number of amides is 1. The van der Waals surface area contributed by atoms with Crippen molar-refractivity contribution >= 4 is 29.1 Å². The molecule has 178 valence electrons. The average molecular weight is 501 g/mol. The van der Waals surface area contributed by atoms with Gasteiger partial charge in [0.05, 0.1) is 11.3 Å². The average Bonchev–Trinajstić information content (AvgIpc) is 2.83. The lowest BCUT2D eigenvalue weighted by Gasteiger charge is -2.11. The molecule has 0 unspecified atom stereocenters. The van der Waals surface area contributed by atoms with Crippen molar-refractivity contribution in [2.45, 2.75) is 12.7 Å². The number of halogens is 5. The van der Waals surface area contributed by atoms with E-state index in [2.05, 4.69) is 20.6 Å². The molecule has 0 fully saturated rings. The second-order valence-electron chi connectivity index (χ2n) is 7.47. The highest BCUT2D eigenvalue weighted by Gasteiger charge is 2.33. The first-order chi connectivity index (χ1) is 16.7. The number of carbonyl (C=O) groups is 1. The summed E-state index contributed by atoms with van der Waals surface area (Å²) in [6.45, 7) is -0.126. The van der Waals surface area contributed by atoms with Crippen molar-refractivity contribution in [3.05, 3.63) is 107 Å². The molecule has 4 aromatic rings. The van der Waals surface area contributed by atoms with Crippen LogP contribution in [-0.4, -0.2) is 15.9 Å². The largest absolute Gasteiger partial charge is 0.419 e. The van der Waals surface area contributed by atoms with Crippen LogP contribution in [0.5, 0.6) is 0 Å². The molecule has 0 aliphatic carbocycles. The SMILES string of the molecule is O=C(NCc1ccc(C(F)(F)F)c(F)c1)c1ccc(Nc2nccc(-c3ccc(Cl)cc3)n2)cc1. The zero-order chi connectivity index (χ0) is 25.0. The Bertz CT molecular complexity index is 1340. The minimum absolute atomic E-state index is 0.126. The van der Waals surface area contributed by atoms with Crippen LogP contribution in [0, 0.1) is 5.82 Å². The summed E-state index contributed by atoms with van der Waals surface area (Å²) in [5, 5.41) is 6.24. The van der Waals surface area contributed by atoms with E-state index >= 15 is 0 Å². The minimum Gasteiger partial charge on any atom is -0.348 e. The van der Waals surface area contributed by atoms with Crippen LogP contribution in [0.15, 0.2) is 79.0 Å². The summed E-state index contributed by atoms with van der Waals surface area (Å²) in [6, 6.07) is 18.0. The maximum Gasteiger partial charge on any atom is 0.419 e. The van der Waals surface area contributed by atoms with E-state index in [4.69, 9.17) is 11.6 Å². The van der Waals surface area contributed by atoms with E-state index in [0.717, 1.165) is 17.7 Å². The van der Waals surface area contributed by atoms with Crippen molar-refractivity contribution in [3.8, 4) is 11.3 Å². The molecule has 0 saturated heterocycles. The van der Waals surface area contributed by atoms with E-state index < -0.39 is 23.5 Å². The van der Waals surface area contributed by atoms with E-state index in [1.165, 1.54) is 0 Å². The van der Waals surface area contributed by atoms with Crippen LogP contribution in [0.4, 0.5) is 29.2 Å². The second-order valence-corrected chi connectivity index (χ2v) is 7.91. The topological polar surface area (TPSA) is 66.9 Å². The van der Waals surface area contributed by atoms with Crippen molar-refractivity contribution in [3.63, 3.8) is 0 Å². The zero-order valence-electron chi connectivity index (χ0n) is 17.9. The maximum absolute atomic E-state index is 13.7. The van der Waals surface area contributed by atoms with Gasteiger partial charge >= 0.3 is 6.18 Å². The highest BCUT2D eigenvalue weighted by molar-refractivity contribution is 6.30. The first kappa shape index (κ1) is 24.2. The summed E-state index contributed by atoms with van der Waals surface area (Å²) in [6.07, 6.45) is -3.16. The molecular formula is C25H17ClF4N4O. The number of aromatic nitrogens is 2. The molecule has 1 heterocycles. The van der Waals surface area contributed by atoms with E-state index in [1.54, 1.807) is 48.7 Å². The molecule has 3 aromatic carbocycles. The van der Waals surface area contributed by atoms with Gasteiger partial charge < -0.3 is 10.6 Å². The molecular weight excluding hydrogens is 484 g/mol. The molecule has 2 N–H and O–H groups in total. The van der Waals surface area contributed by atoms with Gasteiger partial charge in [0, 0.05) is 34.6 Å². The van der Waals surface area contributed by atoms with Crippen LogP contribution in [0.3, 0.4) is 0 Å². The molecule has 0 spiro atoms. The molecule has 1 aromatic heterocycles. The number of nitrogens with zero attached hydrogens (tertiary/aromatic N) is 2. The van der Waals surface area contributed by atoms with Gasteiger partial charge in [-0.3, -0.25) is 4.79 Å². The molecule has 1 amide bonds. The summed E-state index contributed by atoms with van der Waals surface area (Å²) in [4.78, 5) is 21.1. The van der Waals surface area contributed by atoms with Crippen LogP contribution in [0.25, 0.3) is 11.3 Å². The molecule has 5 nitrogen and oxygen atoms in total. The number of anilines is 2. The van der Waals surface area contributed by atoms with Crippen molar-refractivity contribution in [1.29, 1.82) is 0 Å². The molecule has 4 rings (SSSR count). The summed E-state index contributed by atoms with van der Waals surface area (Å²) < 4.78 is 51.7. The molecule has 10 heteroatoms. The lowest BCUT2D eigenvalue weighted by molar-refractivity contribution is -0.140. The highest BCUT2D eigenvalue weighted by atomic mass is 35.5. The number of benzene rings is 3. The van der Waals surface area contributed by atoms with Crippen molar-refractivity contribution in [2.24, 2.45) is 0 Å². The van der Waals surface area contributed by atoms with Crippen LogP contribution in [0.2, 0.25) is 5.02 Å². The predicted octanol–water partition coefficient (Wildman–Crippen LogP) is 6.63. The van der Waals surface area contributed by atoms with Crippen molar-refractivity contribution in [1.82, 2.24) is 15.3 Å². The third-order valence-electron chi connectivity index (χ3n) is 4.99. The van der Waals surface area contributed by atoms with Gasteiger partial charge in [0.25, 0.3) is 5.91 Å². The van der Waals surface area contributed by atoms with Gasteiger partial charge in [0.1, 0.15) is 5.82 Å². The van der Waals surface area contributed by atoms with Gasteiger partial charge in [-0.05, 0) is 60.2 Å². The number of alkyl halides is 3. The van der Waals surface area contributed by atoms with Crippen molar-refractivity contribution in [2.75, 3.05) is 5.32 Å². The Balaban J connectivity index is 1.37. The molecule has 0 bridgehead atoms. The Morgan fingerprint density at radius 2 is 1.66 bits per heavy atom. The Hall–Kier alpha value is -3.98. The first-order valence-electron chi connectivity index (χ1n) is 10.3. The molecule has 0 aliphatic rings. The molecule has 0 atom stereocenters. The third-order valence-corrected chi connectivity index (χ3v) is 5.24.